The van der Waals surface area contributed by atoms with Crippen LogP contribution in [-0.4, -0.2) is 6.54 Å². The zero-order valence-electron chi connectivity index (χ0n) is 6.94. The van der Waals surface area contributed by atoms with Gasteiger partial charge in [-0.3, -0.25) is 0 Å². The lowest BCUT2D eigenvalue weighted by Gasteiger charge is -2.18. The third-order valence-electron chi connectivity index (χ3n) is 2.17. The third-order valence-corrected chi connectivity index (χ3v) is 2.91. The molecule has 1 nitrogen and oxygen atoms in total. The highest BCUT2D eigenvalue weighted by atomic mass is 79.9. The molecule has 1 N–H and O–H groups in total. The normalized spacial score (nSPS) is 14.6. The van der Waals surface area contributed by atoms with Crippen LogP contribution in [0.1, 0.15) is 11.1 Å². The molecule has 0 spiro atoms. The van der Waals surface area contributed by atoms with E-state index in [9.17, 15) is 4.39 Å². The zero-order valence-corrected chi connectivity index (χ0v) is 9.34. The van der Waals surface area contributed by atoms with E-state index in [1.807, 2.05) is 0 Å². The van der Waals surface area contributed by atoms with E-state index in [0.29, 0.717) is 0 Å². The van der Waals surface area contributed by atoms with Crippen LogP contribution in [0, 0.1) is 5.82 Å². The molecule has 0 amide bonds. The number of hydrogen-bond donors (Lipinski definition) is 1. The molecule has 2 rings (SSSR count). The topological polar surface area (TPSA) is 12.0 Å². The molecule has 1 aliphatic heterocycles. The first-order chi connectivity index (χ1) is 5.79. The van der Waals surface area contributed by atoms with Crippen LogP contribution in [0.3, 0.4) is 0 Å². The Kier molecular flexibility index (Phi) is 3.71. The van der Waals surface area contributed by atoms with E-state index in [0.717, 1.165) is 35.1 Å². The van der Waals surface area contributed by atoms with Crippen molar-refractivity contribution in [3.05, 3.63) is 33.5 Å². The van der Waals surface area contributed by atoms with Crippen molar-refractivity contribution in [2.24, 2.45) is 0 Å². The molecule has 72 valence electrons. The first-order valence-electron chi connectivity index (χ1n) is 3.95. The van der Waals surface area contributed by atoms with Gasteiger partial charge in [-0.05, 0) is 36.2 Å². The molecule has 0 saturated heterocycles. The molecule has 0 unspecified atom stereocenters. The van der Waals surface area contributed by atoms with Crippen molar-refractivity contribution < 1.29 is 4.39 Å². The van der Waals surface area contributed by atoms with E-state index in [4.69, 9.17) is 0 Å². The molecule has 1 heterocycles. The first-order valence-corrected chi connectivity index (χ1v) is 4.75. The molecule has 0 aromatic heterocycles. The second kappa shape index (κ2) is 4.40. The van der Waals surface area contributed by atoms with Crippen LogP contribution in [0.25, 0.3) is 0 Å². The quantitative estimate of drug-likeness (QED) is 0.761. The minimum atomic E-state index is -0.0744. The van der Waals surface area contributed by atoms with Crippen LogP contribution < -0.4 is 5.32 Å². The lowest BCUT2D eigenvalue weighted by Crippen LogP contribution is -2.24. The monoisotopic (exact) mass is 265 g/mol. The Labute approximate surface area is 91.3 Å². The second-order valence-electron chi connectivity index (χ2n) is 2.91. The molecule has 4 heteroatoms. The number of fused-ring (bicyclic) bond motifs is 1. The average Bonchev–Trinajstić information content (AvgIpc) is 2.12. The van der Waals surface area contributed by atoms with E-state index >= 15 is 0 Å². The van der Waals surface area contributed by atoms with Crippen molar-refractivity contribution in [2.75, 3.05) is 6.54 Å². The molecule has 0 aliphatic carbocycles. The molecule has 0 radical (unpaired) electrons. The van der Waals surface area contributed by atoms with Crippen LogP contribution >= 0.6 is 28.3 Å². The van der Waals surface area contributed by atoms with E-state index in [1.165, 1.54) is 6.07 Å². The molecule has 0 saturated carbocycles. The van der Waals surface area contributed by atoms with E-state index in [2.05, 4.69) is 21.2 Å². The van der Waals surface area contributed by atoms with Gasteiger partial charge in [-0.2, -0.15) is 0 Å². The third kappa shape index (κ3) is 2.03. The summed E-state index contributed by atoms with van der Waals surface area (Å²) in [4.78, 5) is 0. The summed E-state index contributed by atoms with van der Waals surface area (Å²) in [5.41, 5.74) is 1.93. The molecular weight excluding hydrogens is 256 g/mol. The minimum absolute atomic E-state index is 0. The van der Waals surface area contributed by atoms with Crippen molar-refractivity contribution in [1.29, 1.82) is 0 Å². The fourth-order valence-corrected chi connectivity index (χ4v) is 2.04. The van der Waals surface area contributed by atoms with Crippen LogP contribution in [0.2, 0.25) is 0 Å². The predicted molar refractivity (Wildman–Crippen MR) is 56.8 cm³/mol. The van der Waals surface area contributed by atoms with E-state index in [-0.39, 0.29) is 18.2 Å². The Hall–Kier alpha value is -0.120. The molecule has 0 bridgehead atoms. The highest BCUT2D eigenvalue weighted by Gasteiger charge is 2.14. The van der Waals surface area contributed by atoms with Crippen LogP contribution in [0.4, 0.5) is 4.39 Å². The summed E-state index contributed by atoms with van der Waals surface area (Å²) in [5, 5.41) is 3.21. The van der Waals surface area contributed by atoms with Gasteiger partial charge in [0.15, 0.2) is 0 Å². The Balaban J connectivity index is 0.000000845. The molecule has 1 aromatic rings. The Morgan fingerprint density at radius 2 is 2.08 bits per heavy atom. The first kappa shape index (κ1) is 11.0. The van der Waals surface area contributed by atoms with Crippen molar-refractivity contribution in [3.8, 4) is 0 Å². The fourth-order valence-electron chi connectivity index (χ4n) is 1.52. The minimum Gasteiger partial charge on any atom is -0.312 e. The maximum atomic E-state index is 13.2. The summed E-state index contributed by atoms with van der Waals surface area (Å²) in [7, 11) is 0. The van der Waals surface area contributed by atoms with Gasteiger partial charge in [0.05, 0.1) is 0 Å². The Morgan fingerprint density at radius 3 is 2.77 bits per heavy atom. The number of rotatable bonds is 0. The number of nitrogens with one attached hydrogen (secondary N) is 1. The lowest BCUT2D eigenvalue weighted by molar-refractivity contribution is 0.567. The average molecular weight is 267 g/mol. The van der Waals surface area contributed by atoms with Gasteiger partial charge in [0.1, 0.15) is 5.82 Å². The standard InChI is InChI=1S/C9H9BrFN.ClH/c10-8-1-2-9(11)6-3-4-12-5-7(6)8;/h1-2,12H,3-5H2;1H. The summed E-state index contributed by atoms with van der Waals surface area (Å²) in [6.45, 7) is 1.65. The van der Waals surface area contributed by atoms with Gasteiger partial charge in [0.25, 0.3) is 0 Å². The molecular formula is C9H10BrClFN. The van der Waals surface area contributed by atoms with Crippen molar-refractivity contribution in [1.82, 2.24) is 5.32 Å². The maximum Gasteiger partial charge on any atom is 0.126 e. The fraction of sp³-hybridized carbons (Fsp3) is 0.333. The molecule has 1 aliphatic rings. The van der Waals surface area contributed by atoms with Crippen molar-refractivity contribution in [2.45, 2.75) is 13.0 Å². The van der Waals surface area contributed by atoms with Crippen molar-refractivity contribution in [3.63, 3.8) is 0 Å². The van der Waals surface area contributed by atoms with E-state index < -0.39 is 0 Å². The number of hydrogen-bond acceptors (Lipinski definition) is 1. The summed E-state index contributed by atoms with van der Waals surface area (Å²) in [6, 6.07) is 3.29. The Morgan fingerprint density at radius 1 is 1.31 bits per heavy atom. The van der Waals surface area contributed by atoms with Crippen LogP contribution in [0.5, 0.6) is 0 Å². The lowest BCUT2D eigenvalue weighted by atomic mass is 10.0. The maximum absolute atomic E-state index is 13.2. The number of halogens is 3. The molecule has 0 atom stereocenters. The number of benzene rings is 1. The largest absolute Gasteiger partial charge is 0.312 e. The van der Waals surface area contributed by atoms with Gasteiger partial charge >= 0.3 is 0 Å². The highest BCUT2D eigenvalue weighted by molar-refractivity contribution is 9.10. The van der Waals surface area contributed by atoms with E-state index in [1.54, 1.807) is 6.07 Å². The highest BCUT2D eigenvalue weighted by Crippen LogP contribution is 2.25. The van der Waals surface area contributed by atoms with Gasteiger partial charge < -0.3 is 5.32 Å². The summed E-state index contributed by atoms with van der Waals surface area (Å²) >= 11 is 3.41. The van der Waals surface area contributed by atoms with Gasteiger partial charge in [-0.1, -0.05) is 15.9 Å². The second-order valence-corrected chi connectivity index (χ2v) is 3.77. The van der Waals surface area contributed by atoms with Gasteiger partial charge in [0, 0.05) is 11.0 Å². The summed E-state index contributed by atoms with van der Waals surface area (Å²) < 4.78 is 14.2. The summed E-state index contributed by atoms with van der Waals surface area (Å²) in [6.07, 6.45) is 0.792. The summed E-state index contributed by atoms with van der Waals surface area (Å²) in [5.74, 6) is -0.0744. The molecule has 1 aromatic carbocycles. The van der Waals surface area contributed by atoms with Crippen LogP contribution in [-0.2, 0) is 13.0 Å². The van der Waals surface area contributed by atoms with Crippen molar-refractivity contribution >= 4 is 28.3 Å². The predicted octanol–water partition coefficient (Wildman–Crippen LogP) is 2.66. The zero-order chi connectivity index (χ0) is 8.55. The van der Waals surface area contributed by atoms with Gasteiger partial charge in [-0.15, -0.1) is 12.4 Å². The van der Waals surface area contributed by atoms with Crippen LogP contribution in [0.15, 0.2) is 16.6 Å². The van der Waals surface area contributed by atoms with Gasteiger partial charge in [0.2, 0.25) is 0 Å². The van der Waals surface area contributed by atoms with Gasteiger partial charge in [-0.25, -0.2) is 4.39 Å². The Bertz CT molecular complexity index is 286. The molecule has 0 fully saturated rings. The SMILES string of the molecule is Cl.Fc1ccc(Br)c2c1CCNC2. The smallest absolute Gasteiger partial charge is 0.126 e. The molecule has 13 heavy (non-hydrogen) atoms.